The molecule has 8 heteroatoms. The molecule has 1 aliphatic heterocycles. The monoisotopic (exact) mass is 404 g/mol. The molecule has 146 valence electrons. The van der Waals surface area contributed by atoms with Gasteiger partial charge in [-0.25, -0.2) is 4.39 Å². The number of ether oxygens (including phenoxy) is 1. The molecule has 1 atom stereocenters. The van der Waals surface area contributed by atoms with Gasteiger partial charge in [0, 0.05) is 23.7 Å². The summed E-state index contributed by atoms with van der Waals surface area (Å²) < 4.78 is 18.9. The molecule has 1 fully saturated rings. The van der Waals surface area contributed by atoms with E-state index in [0.29, 0.717) is 16.3 Å². The average Bonchev–Trinajstić information content (AvgIpc) is 3.05. The molecule has 1 heterocycles. The number of para-hydroxylation sites is 1. The Balaban J connectivity index is 1.55. The number of benzene rings is 2. The summed E-state index contributed by atoms with van der Waals surface area (Å²) in [5.74, 6) is -2.86. The van der Waals surface area contributed by atoms with Gasteiger partial charge in [-0.1, -0.05) is 29.8 Å². The van der Waals surface area contributed by atoms with Crippen LogP contribution in [-0.2, 0) is 19.1 Å². The normalized spacial score (nSPS) is 16.2. The van der Waals surface area contributed by atoms with Gasteiger partial charge in [-0.15, -0.1) is 0 Å². The SMILES string of the molecule is Cc1c(Cl)cccc1NC(=O)COC(=O)[C@@H]1CC(=O)N(c2ccccc2F)C1. The fraction of sp³-hybridized carbons (Fsp3) is 0.250. The number of nitrogens with zero attached hydrogens (tertiary/aromatic N) is 1. The van der Waals surface area contributed by atoms with E-state index >= 15 is 0 Å². The second-order valence-corrected chi connectivity index (χ2v) is 6.83. The van der Waals surface area contributed by atoms with Gasteiger partial charge in [-0.05, 0) is 36.8 Å². The van der Waals surface area contributed by atoms with Crippen molar-refractivity contribution in [1.82, 2.24) is 0 Å². The molecular weight excluding hydrogens is 387 g/mol. The zero-order valence-electron chi connectivity index (χ0n) is 15.1. The molecule has 0 saturated carbocycles. The maximum atomic E-state index is 13.9. The second kappa shape index (κ2) is 8.39. The molecule has 1 saturated heterocycles. The predicted octanol–water partition coefficient (Wildman–Crippen LogP) is 3.32. The summed E-state index contributed by atoms with van der Waals surface area (Å²) in [7, 11) is 0. The van der Waals surface area contributed by atoms with E-state index in [1.54, 1.807) is 31.2 Å². The Kier molecular flexibility index (Phi) is 5.94. The number of hydrogen-bond donors (Lipinski definition) is 1. The van der Waals surface area contributed by atoms with Crippen molar-refractivity contribution in [3.05, 3.63) is 58.9 Å². The first-order chi connectivity index (χ1) is 13.4. The van der Waals surface area contributed by atoms with Gasteiger partial charge in [0.05, 0.1) is 11.6 Å². The van der Waals surface area contributed by atoms with E-state index in [4.69, 9.17) is 16.3 Å². The van der Waals surface area contributed by atoms with Crippen molar-refractivity contribution in [3.8, 4) is 0 Å². The molecule has 28 heavy (non-hydrogen) atoms. The van der Waals surface area contributed by atoms with Crippen molar-refractivity contribution in [2.24, 2.45) is 5.92 Å². The Morgan fingerprint density at radius 2 is 2.00 bits per heavy atom. The fourth-order valence-electron chi connectivity index (χ4n) is 2.95. The number of esters is 1. The standard InChI is InChI=1S/C20H18ClFN2O4/c1-12-14(21)5-4-7-16(12)23-18(25)11-28-20(27)13-9-19(26)24(10-13)17-8-3-2-6-15(17)22/h2-8,13H,9-11H2,1H3,(H,23,25)/t13-/m1/s1. The minimum absolute atomic E-state index is 0.00756. The Bertz CT molecular complexity index is 934. The van der Waals surface area contributed by atoms with Crippen molar-refractivity contribution in [2.75, 3.05) is 23.4 Å². The van der Waals surface area contributed by atoms with E-state index in [9.17, 15) is 18.8 Å². The first-order valence-corrected chi connectivity index (χ1v) is 9.01. The number of carbonyl (C=O) groups is 3. The molecule has 2 aromatic rings. The van der Waals surface area contributed by atoms with E-state index in [2.05, 4.69) is 5.32 Å². The summed E-state index contributed by atoms with van der Waals surface area (Å²) in [5.41, 5.74) is 1.35. The lowest BCUT2D eigenvalue weighted by Crippen LogP contribution is -2.28. The molecule has 2 amide bonds. The summed E-state index contributed by atoms with van der Waals surface area (Å²) in [4.78, 5) is 37.6. The van der Waals surface area contributed by atoms with Crippen LogP contribution in [-0.4, -0.2) is 30.9 Å². The van der Waals surface area contributed by atoms with Crippen molar-refractivity contribution in [3.63, 3.8) is 0 Å². The van der Waals surface area contributed by atoms with E-state index in [0.717, 1.165) is 0 Å². The topological polar surface area (TPSA) is 75.7 Å². The molecule has 6 nitrogen and oxygen atoms in total. The Labute approximate surface area is 166 Å². The van der Waals surface area contributed by atoms with Crippen molar-refractivity contribution in [2.45, 2.75) is 13.3 Å². The van der Waals surface area contributed by atoms with Gasteiger partial charge >= 0.3 is 5.97 Å². The zero-order chi connectivity index (χ0) is 20.3. The van der Waals surface area contributed by atoms with Crippen LogP contribution in [0, 0.1) is 18.7 Å². The van der Waals surface area contributed by atoms with Gasteiger partial charge < -0.3 is 15.0 Å². The smallest absolute Gasteiger partial charge is 0.311 e. The molecule has 0 aliphatic carbocycles. The second-order valence-electron chi connectivity index (χ2n) is 6.43. The number of amides is 2. The lowest BCUT2D eigenvalue weighted by Gasteiger charge is -2.17. The van der Waals surface area contributed by atoms with Gasteiger partial charge in [0.1, 0.15) is 5.82 Å². The van der Waals surface area contributed by atoms with Crippen LogP contribution in [0.1, 0.15) is 12.0 Å². The van der Waals surface area contributed by atoms with Gasteiger partial charge in [-0.2, -0.15) is 0 Å². The highest BCUT2D eigenvalue weighted by Crippen LogP contribution is 2.28. The lowest BCUT2D eigenvalue weighted by atomic mass is 10.1. The van der Waals surface area contributed by atoms with Crippen LogP contribution in [0.2, 0.25) is 5.02 Å². The highest BCUT2D eigenvalue weighted by Gasteiger charge is 2.37. The average molecular weight is 405 g/mol. The van der Waals surface area contributed by atoms with Gasteiger partial charge in [0.2, 0.25) is 5.91 Å². The number of carbonyl (C=O) groups excluding carboxylic acids is 3. The molecule has 3 rings (SSSR count). The summed E-state index contributed by atoms with van der Waals surface area (Å²) >= 11 is 6.00. The fourth-order valence-corrected chi connectivity index (χ4v) is 3.13. The third-order valence-corrected chi connectivity index (χ3v) is 4.90. The minimum atomic E-state index is -0.757. The molecule has 0 unspecified atom stereocenters. The van der Waals surface area contributed by atoms with Crippen molar-refractivity contribution >= 4 is 40.8 Å². The van der Waals surface area contributed by atoms with Gasteiger partial charge in [0.25, 0.3) is 5.91 Å². The van der Waals surface area contributed by atoms with Gasteiger partial charge in [0.15, 0.2) is 6.61 Å². The summed E-state index contributed by atoms with van der Waals surface area (Å²) in [5, 5.41) is 3.13. The van der Waals surface area contributed by atoms with Crippen LogP contribution >= 0.6 is 11.6 Å². The third-order valence-electron chi connectivity index (χ3n) is 4.49. The van der Waals surface area contributed by atoms with Crippen molar-refractivity contribution < 1.29 is 23.5 Å². The molecule has 1 N–H and O–H groups in total. The van der Waals surface area contributed by atoms with Crippen LogP contribution in [0.15, 0.2) is 42.5 Å². The number of hydrogen-bond acceptors (Lipinski definition) is 4. The summed E-state index contributed by atoms with van der Waals surface area (Å²) in [6, 6.07) is 10.9. The molecule has 1 aliphatic rings. The van der Waals surface area contributed by atoms with Crippen LogP contribution < -0.4 is 10.2 Å². The summed E-state index contributed by atoms with van der Waals surface area (Å²) in [6.07, 6.45) is -0.0951. The van der Waals surface area contributed by atoms with Crippen LogP contribution in [0.25, 0.3) is 0 Å². The maximum Gasteiger partial charge on any atom is 0.311 e. The Hall–Kier alpha value is -2.93. The number of rotatable bonds is 5. The van der Waals surface area contributed by atoms with E-state index in [1.807, 2.05) is 0 Å². The number of nitrogens with one attached hydrogen (secondary N) is 1. The number of anilines is 2. The highest BCUT2D eigenvalue weighted by molar-refractivity contribution is 6.31. The van der Waals surface area contributed by atoms with Crippen LogP contribution in [0.4, 0.5) is 15.8 Å². The van der Waals surface area contributed by atoms with E-state index in [-0.39, 0.29) is 24.6 Å². The van der Waals surface area contributed by atoms with E-state index in [1.165, 1.54) is 23.1 Å². The molecule has 0 spiro atoms. The lowest BCUT2D eigenvalue weighted by molar-refractivity contribution is -0.151. The van der Waals surface area contributed by atoms with Crippen molar-refractivity contribution in [1.29, 1.82) is 0 Å². The van der Waals surface area contributed by atoms with Crippen LogP contribution in [0.5, 0.6) is 0 Å². The third kappa shape index (κ3) is 4.31. The summed E-state index contributed by atoms with van der Waals surface area (Å²) in [6.45, 7) is 1.27. The maximum absolute atomic E-state index is 13.9. The van der Waals surface area contributed by atoms with E-state index < -0.39 is 30.2 Å². The quantitative estimate of drug-likeness (QED) is 0.776. The molecule has 0 bridgehead atoms. The first kappa shape index (κ1) is 19.8. The zero-order valence-corrected chi connectivity index (χ0v) is 15.8. The Morgan fingerprint density at radius 3 is 2.75 bits per heavy atom. The van der Waals surface area contributed by atoms with Crippen LogP contribution in [0.3, 0.4) is 0 Å². The first-order valence-electron chi connectivity index (χ1n) is 8.63. The predicted molar refractivity (Wildman–Crippen MR) is 103 cm³/mol. The molecule has 0 aromatic heterocycles. The largest absolute Gasteiger partial charge is 0.455 e. The molecule has 2 aromatic carbocycles. The number of halogens is 2. The highest BCUT2D eigenvalue weighted by atomic mass is 35.5. The minimum Gasteiger partial charge on any atom is -0.455 e. The Morgan fingerprint density at radius 1 is 1.25 bits per heavy atom. The molecule has 0 radical (unpaired) electrons. The molecular formula is C20H18ClFN2O4. The van der Waals surface area contributed by atoms with Gasteiger partial charge in [-0.3, -0.25) is 14.4 Å².